The normalized spacial score (nSPS) is 15.4. The molecule has 0 saturated heterocycles. The highest BCUT2D eigenvalue weighted by molar-refractivity contribution is 8.05. The van der Waals surface area contributed by atoms with E-state index in [4.69, 9.17) is 4.74 Å². The van der Waals surface area contributed by atoms with Gasteiger partial charge in [-0.15, -0.1) is 23.5 Å². The van der Waals surface area contributed by atoms with Crippen LogP contribution in [-0.4, -0.2) is 23.6 Å². The summed E-state index contributed by atoms with van der Waals surface area (Å²) in [4.78, 5) is 23.3. The molecule has 0 spiro atoms. The summed E-state index contributed by atoms with van der Waals surface area (Å²) in [5.74, 6) is 1.12. The van der Waals surface area contributed by atoms with E-state index in [-0.39, 0.29) is 16.1 Å². The molecule has 0 atom stereocenters. The zero-order valence-electron chi connectivity index (χ0n) is 10.2. The second-order valence-corrected chi connectivity index (χ2v) is 8.85. The topological polar surface area (TPSA) is 43.4 Å². The van der Waals surface area contributed by atoms with Gasteiger partial charge < -0.3 is 4.74 Å². The van der Waals surface area contributed by atoms with Crippen LogP contribution in [0.4, 0.5) is 0 Å². The molecule has 0 unspecified atom stereocenters. The number of esters is 1. The van der Waals surface area contributed by atoms with Crippen LogP contribution in [0.5, 0.6) is 0 Å². The van der Waals surface area contributed by atoms with Crippen molar-refractivity contribution in [2.45, 2.75) is 14.5 Å². The molecule has 1 aromatic carbocycles. The van der Waals surface area contributed by atoms with Gasteiger partial charge in [-0.25, -0.2) is 4.79 Å². The molecule has 3 rings (SSSR count). The second-order valence-electron chi connectivity index (χ2n) is 4.04. The molecule has 1 aliphatic rings. The average molecular weight is 342 g/mol. The molecular weight excluding hydrogens is 332 g/mol. The number of hydrogen-bond acceptors (Lipinski definition) is 7. The lowest BCUT2D eigenvalue weighted by molar-refractivity contribution is 0.0394. The Morgan fingerprint density at radius 1 is 1.05 bits per heavy atom. The Morgan fingerprint density at radius 3 is 2.25 bits per heavy atom. The summed E-state index contributed by atoms with van der Waals surface area (Å²) in [5, 5.41) is 0. The van der Waals surface area contributed by atoms with E-state index in [2.05, 4.69) is 0 Å². The molecule has 2 heterocycles. The molecule has 0 saturated carbocycles. The average Bonchev–Trinajstić information content (AvgIpc) is 2.73. The predicted molar refractivity (Wildman–Crippen MR) is 85.6 cm³/mol. The number of carbonyl (C=O) groups is 1. The summed E-state index contributed by atoms with van der Waals surface area (Å²) < 4.78 is 7.79. The Kier molecular flexibility index (Phi) is 4.50. The fourth-order valence-electron chi connectivity index (χ4n) is 1.68. The van der Waals surface area contributed by atoms with Crippen molar-refractivity contribution in [2.24, 2.45) is 0 Å². The van der Waals surface area contributed by atoms with Crippen molar-refractivity contribution in [3.05, 3.63) is 44.7 Å². The SMILES string of the molecule is O=C(OC1CSc2sc(=O)sc2SC1)c1ccccc1. The molecule has 20 heavy (non-hydrogen) atoms. The maximum Gasteiger partial charge on any atom is 0.338 e. The van der Waals surface area contributed by atoms with E-state index in [1.165, 1.54) is 22.7 Å². The van der Waals surface area contributed by atoms with Crippen molar-refractivity contribution in [2.75, 3.05) is 11.5 Å². The van der Waals surface area contributed by atoms with E-state index < -0.39 is 0 Å². The maximum atomic E-state index is 12.0. The molecular formula is C13H10O3S4. The Balaban J connectivity index is 1.64. The number of fused-ring (bicyclic) bond motifs is 1. The van der Waals surface area contributed by atoms with Gasteiger partial charge in [-0.05, 0) is 12.1 Å². The highest BCUT2D eigenvalue weighted by Gasteiger charge is 2.23. The van der Waals surface area contributed by atoms with Gasteiger partial charge in [-0.3, -0.25) is 4.79 Å². The monoisotopic (exact) mass is 342 g/mol. The first-order valence-corrected chi connectivity index (χ1v) is 9.48. The summed E-state index contributed by atoms with van der Waals surface area (Å²) in [6.45, 7) is 0. The Labute approximate surface area is 132 Å². The Morgan fingerprint density at radius 2 is 1.65 bits per heavy atom. The quantitative estimate of drug-likeness (QED) is 0.780. The first-order chi connectivity index (χ1) is 9.72. The second kappa shape index (κ2) is 6.34. The number of ether oxygens (including phenoxy) is 1. The molecule has 0 bridgehead atoms. The van der Waals surface area contributed by atoms with Gasteiger partial charge in [0.2, 0.25) is 0 Å². The number of benzene rings is 1. The summed E-state index contributed by atoms with van der Waals surface area (Å²) in [7, 11) is 0. The summed E-state index contributed by atoms with van der Waals surface area (Å²) in [6.07, 6.45) is -0.125. The predicted octanol–water partition coefficient (Wildman–Crippen LogP) is 3.59. The molecule has 0 radical (unpaired) electrons. The van der Waals surface area contributed by atoms with E-state index >= 15 is 0 Å². The van der Waals surface area contributed by atoms with Gasteiger partial charge in [0.25, 0.3) is 4.06 Å². The maximum absolute atomic E-state index is 12.0. The van der Waals surface area contributed by atoms with Gasteiger partial charge in [0.05, 0.1) is 14.0 Å². The van der Waals surface area contributed by atoms with E-state index in [1.807, 2.05) is 18.2 Å². The molecule has 0 N–H and O–H groups in total. The lowest BCUT2D eigenvalue weighted by Gasteiger charge is -2.14. The molecule has 3 nitrogen and oxygen atoms in total. The van der Waals surface area contributed by atoms with Crippen LogP contribution in [0.15, 0.2) is 43.5 Å². The van der Waals surface area contributed by atoms with E-state index in [1.54, 1.807) is 35.7 Å². The third-order valence-corrected chi connectivity index (χ3v) is 7.95. The largest absolute Gasteiger partial charge is 0.457 e. The molecule has 0 aliphatic carbocycles. The Bertz CT molecular complexity index is 633. The minimum absolute atomic E-state index is 0.125. The summed E-state index contributed by atoms with van der Waals surface area (Å²) >= 11 is 5.78. The number of carbonyl (C=O) groups excluding carboxylic acids is 1. The van der Waals surface area contributed by atoms with Crippen LogP contribution in [0.1, 0.15) is 10.4 Å². The third-order valence-electron chi connectivity index (χ3n) is 2.60. The van der Waals surface area contributed by atoms with Crippen LogP contribution in [0.2, 0.25) is 0 Å². The molecule has 1 aliphatic heterocycles. The standard InChI is InChI=1S/C13H10O3S4/c14-10(8-4-2-1-3-5-8)16-9-6-17-11-12(18-7-9)20-13(15)19-11/h1-5,9H,6-7H2. The fourth-order valence-corrected chi connectivity index (χ4v) is 7.10. The highest BCUT2D eigenvalue weighted by Crippen LogP contribution is 2.40. The number of hydrogen-bond donors (Lipinski definition) is 0. The molecule has 2 aromatic rings. The minimum atomic E-state index is -0.282. The van der Waals surface area contributed by atoms with Crippen molar-refractivity contribution >= 4 is 52.2 Å². The lowest BCUT2D eigenvalue weighted by atomic mass is 10.2. The molecule has 7 heteroatoms. The first-order valence-electron chi connectivity index (χ1n) is 5.88. The van der Waals surface area contributed by atoms with Crippen LogP contribution in [-0.2, 0) is 4.74 Å². The molecule has 0 amide bonds. The van der Waals surface area contributed by atoms with E-state index in [0.29, 0.717) is 17.1 Å². The zero-order chi connectivity index (χ0) is 13.9. The van der Waals surface area contributed by atoms with Crippen LogP contribution < -0.4 is 4.06 Å². The first kappa shape index (κ1) is 14.2. The van der Waals surface area contributed by atoms with Gasteiger partial charge >= 0.3 is 5.97 Å². The van der Waals surface area contributed by atoms with Crippen molar-refractivity contribution < 1.29 is 9.53 Å². The van der Waals surface area contributed by atoms with Crippen LogP contribution in [0, 0.1) is 0 Å². The van der Waals surface area contributed by atoms with Crippen molar-refractivity contribution in [3.63, 3.8) is 0 Å². The zero-order valence-corrected chi connectivity index (χ0v) is 13.5. The summed E-state index contributed by atoms with van der Waals surface area (Å²) in [6, 6.07) is 9.02. The van der Waals surface area contributed by atoms with Gasteiger partial charge in [0.1, 0.15) is 6.10 Å². The fraction of sp³-hybridized carbons (Fsp3) is 0.231. The van der Waals surface area contributed by atoms with Crippen molar-refractivity contribution in [1.29, 1.82) is 0 Å². The van der Waals surface area contributed by atoms with E-state index in [9.17, 15) is 9.59 Å². The summed E-state index contributed by atoms with van der Waals surface area (Å²) in [5.41, 5.74) is 0.575. The Hall–Kier alpha value is -0.760. The van der Waals surface area contributed by atoms with Crippen LogP contribution in [0.25, 0.3) is 0 Å². The number of thioether (sulfide) groups is 2. The van der Waals surface area contributed by atoms with E-state index in [0.717, 1.165) is 8.42 Å². The number of rotatable bonds is 2. The highest BCUT2D eigenvalue weighted by atomic mass is 32.2. The van der Waals surface area contributed by atoms with Gasteiger partial charge in [-0.1, -0.05) is 40.9 Å². The third kappa shape index (κ3) is 3.28. The van der Waals surface area contributed by atoms with Gasteiger partial charge in [-0.2, -0.15) is 0 Å². The lowest BCUT2D eigenvalue weighted by Crippen LogP contribution is -2.22. The van der Waals surface area contributed by atoms with Crippen molar-refractivity contribution in [3.8, 4) is 0 Å². The van der Waals surface area contributed by atoms with Gasteiger partial charge in [0.15, 0.2) is 0 Å². The van der Waals surface area contributed by atoms with Crippen molar-refractivity contribution in [1.82, 2.24) is 0 Å². The van der Waals surface area contributed by atoms with Gasteiger partial charge in [0, 0.05) is 11.5 Å². The smallest absolute Gasteiger partial charge is 0.338 e. The minimum Gasteiger partial charge on any atom is -0.457 e. The molecule has 1 aromatic heterocycles. The van der Waals surface area contributed by atoms with Crippen LogP contribution in [0.3, 0.4) is 0 Å². The van der Waals surface area contributed by atoms with Crippen LogP contribution >= 0.6 is 46.2 Å². The molecule has 0 fully saturated rings. The molecule has 104 valence electrons.